The first kappa shape index (κ1) is 13.2. The number of urea groups is 1. The van der Waals surface area contributed by atoms with Crippen molar-refractivity contribution in [3.05, 3.63) is 0 Å². The predicted octanol–water partition coefficient (Wildman–Crippen LogP) is 2.20. The summed E-state index contributed by atoms with van der Waals surface area (Å²) in [4.78, 5) is 17.1. The van der Waals surface area contributed by atoms with Gasteiger partial charge in [-0.15, -0.1) is 0 Å². The van der Waals surface area contributed by atoms with Crippen LogP contribution in [0.15, 0.2) is 0 Å². The van der Waals surface area contributed by atoms with Gasteiger partial charge in [0.1, 0.15) is 0 Å². The molecule has 3 fully saturated rings. The van der Waals surface area contributed by atoms with Gasteiger partial charge in [-0.3, -0.25) is 0 Å². The molecule has 1 N–H and O–H groups in total. The van der Waals surface area contributed by atoms with Crippen molar-refractivity contribution in [1.82, 2.24) is 15.1 Å². The molecule has 0 aromatic carbocycles. The second-order valence-corrected chi connectivity index (χ2v) is 6.46. The zero-order valence-corrected chi connectivity index (χ0v) is 12.1. The molecule has 1 aliphatic carbocycles. The van der Waals surface area contributed by atoms with Crippen LogP contribution >= 0.6 is 0 Å². The molecule has 19 heavy (non-hydrogen) atoms. The van der Waals surface area contributed by atoms with E-state index in [0.29, 0.717) is 24.2 Å². The van der Waals surface area contributed by atoms with Crippen molar-refractivity contribution in [3.8, 4) is 0 Å². The highest BCUT2D eigenvalue weighted by molar-refractivity contribution is 5.78. The van der Waals surface area contributed by atoms with Gasteiger partial charge >= 0.3 is 6.03 Å². The van der Waals surface area contributed by atoms with Crippen molar-refractivity contribution < 1.29 is 4.79 Å². The molecule has 4 nitrogen and oxygen atoms in total. The summed E-state index contributed by atoms with van der Waals surface area (Å²) in [6.07, 6.45) is 8.64. The Morgan fingerprint density at radius 1 is 1.00 bits per heavy atom. The molecule has 4 heteroatoms. The minimum absolute atomic E-state index is 0.325. The Bertz CT molecular complexity index is 321. The number of amides is 2. The highest BCUT2D eigenvalue weighted by atomic mass is 16.2. The minimum atomic E-state index is 0.325. The lowest BCUT2D eigenvalue weighted by molar-refractivity contribution is 0.141. The number of carbonyl (C=O) groups is 1. The van der Waals surface area contributed by atoms with Crippen LogP contribution in [0, 0.1) is 0 Å². The molecular weight excluding hydrogens is 238 g/mol. The second kappa shape index (κ2) is 5.70. The van der Waals surface area contributed by atoms with Crippen LogP contribution in [-0.2, 0) is 0 Å². The van der Waals surface area contributed by atoms with Crippen LogP contribution < -0.4 is 5.32 Å². The second-order valence-electron chi connectivity index (χ2n) is 6.46. The van der Waals surface area contributed by atoms with Crippen molar-refractivity contribution in [2.24, 2.45) is 0 Å². The molecule has 0 aromatic rings. The molecule has 3 aliphatic rings. The molecule has 2 saturated heterocycles. The number of rotatable bonds is 2. The highest BCUT2D eigenvalue weighted by Gasteiger charge is 2.41. The highest BCUT2D eigenvalue weighted by Crippen LogP contribution is 2.30. The van der Waals surface area contributed by atoms with E-state index in [-0.39, 0.29) is 0 Å². The molecular formula is C15H27N3O. The number of nitrogens with one attached hydrogen (secondary N) is 1. The lowest BCUT2D eigenvalue weighted by Crippen LogP contribution is -2.48. The SMILES string of the molecule is C[C@@H]1CN(C2CCCCC2)C(=O)N1C1CCNCC1. The Balaban J connectivity index is 1.67. The summed E-state index contributed by atoms with van der Waals surface area (Å²) in [5.41, 5.74) is 0. The maximum Gasteiger partial charge on any atom is 0.320 e. The van der Waals surface area contributed by atoms with Gasteiger partial charge in [0.15, 0.2) is 0 Å². The maximum atomic E-state index is 12.7. The van der Waals surface area contributed by atoms with Crippen LogP contribution in [0.25, 0.3) is 0 Å². The normalized spacial score (nSPS) is 31.2. The van der Waals surface area contributed by atoms with Crippen molar-refractivity contribution in [2.45, 2.75) is 70.0 Å². The third-order valence-electron chi connectivity index (χ3n) is 5.12. The third-order valence-corrected chi connectivity index (χ3v) is 5.12. The summed E-state index contributed by atoms with van der Waals surface area (Å²) < 4.78 is 0. The first-order valence-corrected chi connectivity index (χ1v) is 8.07. The number of piperidine rings is 1. The Morgan fingerprint density at radius 2 is 1.68 bits per heavy atom. The van der Waals surface area contributed by atoms with E-state index >= 15 is 0 Å². The maximum absolute atomic E-state index is 12.7. The van der Waals surface area contributed by atoms with E-state index in [4.69, 9.17) is 0 Å². The van der Waals surface area contributed by atoms with Gasteiger partial charge < -0.3 is 15.1 Å². The molecule has 0 unspecified atom stereocenters. The van der Waals surface area contributed by atoms with E-state index in [9.17, 15) is 4.79 Å². The zero-order chi connectivity index (χ0) is 13.2. The zero-order valence-electron chi connectivity index (χ0n) is 12.1. The fraction of sp³-hybridized carbons (Fsp3) is 0.933. The van der Waals surface area contributed by atoms with Gasteiger partial charge in [-0.05, 0) is 45.7 Å². The van der Waals surface area contributed by atoms with Crippen molar-refractivity contribution in [1.29, 1.82) is 0 Å². The Morgan fingerprint density at radius 3 is 2.37 bits per heavy atom. The van der Waals surface area contributed by atoms with Gasteiger partial charge in [0, 0.05) is 24.7 Å². The van der Waals surface area contributed by atoms with E-state index < -0.39 is 0 Å². The molecule has 0 radical (unpaired) electrons. The van der Waals surface area contributed by atoms with Crippen LogP contribution in [0.1, 0.15) is 51.9 Å². The average Bonchev–Trinajstić information content (AvgIpc) is 2.76. The Labute approximate surface area is 116 Å². The van der Waals surface area contributed by atoms with E-state index in [1.807, 2.05) is 0 Å². The molecule has 2 amide bonds. The van der Waals surface area contributed by atoms with Crippen LogP contribution in [0.4, 0.5) is 4.79 Å². The van der Waals surface area contributed by atoms with E-state index in [1.54, 1.807) is 0 Å². The van der Waals surface area contributed by atoms with Gasteiger partial charge in [-0.1, -0.05) is 19.3 Å². The molecule has 1 atom stereocenters. The first-order chi connectivity index (χ1) is 9.27. The van der Waals surface area contributed by atoms with Crippen LogP contribution in [0.3, 0.4) is 0 Å². The molecule has 0 spiro atoms. The standard InChI is InChI=1S/C15H27N3O/c1-12-11-17(13-5-3-2-4-6-13)15(19)18(12)14-7-9-16-10-8-14/h12-14,16H,2-11H2,1H3/t12-/m1/s1. The van der Waals surface area contributed by atoms with Crippen molar-refractivity contribution in [2.75, 3.05) is 19.6 Å². The van der Waals surface area contributed by atoms with Crippen molar-refractivity contribution in [3.63, 3.8) is 0 Å². The number of nitrogens with zero attached hydrogens (tertiary/aromatic N) is 2. The average molecular weight is 265 g/mol. The smallest absolute Gasteiger partial charge is 0.320 e. The van der Waals surface area contributed by atoms with Gasteiger partial charge in [-0.25, -0.2) is 4.79 Å². The predicted molar refractivity (Wildman–Crippen MR) is 76.2 cm³/mol. The summed E-state index contributed by atoms with van der Waals surface area (Å²) in [6.45, 7) is 5.30. The van der Waals surface area contributed by atoms with Gasteiger partial charge in [0.2, 0.25) is 0 Å². The van der Waals surface area contributed by atoms with Crippen molar-refractivity contribution >= 4 is 6.03 Å². The lowest BCUT2D eigenvalue weighted by atomic mass is 9.94. The molecule has 0 bridgehead atoms. The molecule has 3 rings (SSSR count). The molecule has 0 aromatic heterocycles. The monoisotopic (exact) mass is 265 g/mol. The van der Waals surface area contributed by atoms with E-state index in [0.717, 1.165) is 32.5 Å². The molecule has 2 aliphatic heterocycles. The summed E-state index contributed by atoms with van der Waals surface area (Å²) in [7, 11) is 0. The Hall–Kier alpha value is -0.770. The van der Waals surface area contributed by atoms with Crippen LogP contribution in [0.2, 0.25) is 0 Å². The van der Waals surface area contributed by atoms with Gasteiger partial charge in [0.05, 0.1) is 0 Å². The largest absolute Gasteiger partial charge is 0.320 e. The Kier molecular flexibility index (Phi) is 3.96. The topological polar surface area (TPSA) is 35.6 Å². The van der Waals surface area contributed by atoms with Gasteiger partial charge in [0.25, 0.3) is 0 Å². The quantitative estimate of drug-likeness (QED) is 0.831. The first-order valence-electron chi connectivity index (χ1n) is 8.07. The minimum Gasteiger partial charge on any atom is -0.320 e. The fourth-order valence-electron chi connectivity index (χ4n) is 4.09. The fourth-order valence-corrected chi connectivity index (χ4v) is 4.09. The van der Waals surface area contributed by atoms with E-state index in [1.165, 1.54) is 32.1 Å². The molecule has 108 valence electrons. The summed E-state index contributed by atoms with van der Waals surface area (Å²) in [6, 6.07) is 1.72. The molecule has 1 saturated carbocycles. The number of carbonyl (C=O) groups excluding carboxylic acids is 1. The van der Waals surface area contributed by atoms with Crippen LogP contribution in [0.5, 0.6) is 0 Å². The van der Waals surface area contributed by atoms with Gasteiger partial charge in [-0.2, -0.15) is 0 Å². The summed E-state index contributed by atoms with van der Waals surface area (Å²) >= 11 is 0. The number of hydrogen-bond acceptors (Lipinski definition) is 2. The molecule has 2 heterocycles. The lowest BCUT2D eigenvalue weighted by Gasteiger charge is -2.35. The van der Waals surface area contributed by atoms with Crippen LogP contribution in [-0.4, -0.2) is 53.6 Å². The summed E-state index contributed by atoms with van der Waals surface area (Å²) in [5, 5.41) is 3.39. The third kappa shape index (κ3) is 2.60. The van der Waals surface area contributed by atoms with E-state index in [2.05, 4.69) is 22.0 Å². The number of hydrogen-bond donors (Lipinski definition) is 1. The summed E-state index contributed by atoms with van der Waals surface area (Å²) in [5.74, 6) is 0.